The second kappa shape index (κ2) is 6.85. The molecule has 2 unspecified atom stereocenters. The van der Waals surface area contributed by atoms with E-state index >= 15 is 0 Å². The van der Waals surface area contributed by atoms with Crippen LogP contribution in [-0.2, 0) is 14.4 Å². The Hall–Kier alpha value is -2.78. The van der Waals surface area contributed by atoms with Crippen molar-refractivity contribution in [2.24, 2.45) is 0 Å². The van der Waals surface area contributed by atoms with Crippen LogP contribution in [0.4, 0.5) is 18.9 Å². The molecule has 2 N–H and O–H groups in total. The quantitative estimate of drug-likeness (QED) is 0.832. The number of benzene rings is 1. The van der Waals surface area contributed by atoms with Gasteiger partial charge in [-0.2, -0.15) is 13.2 Å². The molecule has 2 atom stereocenters. The molecule has 0 radical (unpaired) electrons. The zero-order valence-corrected chi connectivity index (χ0v) is 13.5. The number of fused-ring (bicyclic) bond motifs is 1. The molecular formula is C16H16F3N3O4. The minimum atomic E-state index is -5.03. The van der Waals surface area contributed by atoms with Gasteiger partial charge in [-0.3, -0.25) is 14.4 Å². The Labute approximate surface area is 146 Å². The maximum absolute atomic E-state index is 12.6. The van der Waals surface area contributed by atoms with E-state index in [0.717, 1.165) is 0 Å². The van der Waals surface area contributed by atoms with Gasteiger partial charge in [0.05, 0.1) is 12.2 Å². The highest BCUT2D eigenvalue weighted by Crippen LogP contribution is 2.29. The topological polar surface area (TPSA) is 87.7 Å². The SMILES string of the molecule is O=C1Nc2ccccc2OC1CNC(=O)C1CCCN1C(=O)C(F)(F)F. The van der Waals surface area contributed by atoms with Gasteiger partial charge in [-0.1, -0.05) is 12.1 Å². The maximum Gasteiger partial charge on any atom is 0.471 e. The van der Waals surface area contributed by atoms with Crippen molar-refractivity contribution in [2.75, 3.05) is 18.4 Å². The maximum atomic E-state index is 12.6. The normalized spacial score (nSPS) is 22.3. The molecule has 3 amide bonds. The minimum Gasteiger partial charge on any atom is -0.477 e. The molecule has 2 heterocycles. The number of rotatable bonds is 3. The number of anilines is 1. The second-order valence-electron chi connectivity index (χ2n) is 5.99. The summed E-state index contributed by atoms with van der Waals surface area (Å²) >= 11 is 0. The lowest BCUT2D eigenvalue weighted by molar-refractivity contribution is -0.186. The Morgan fingerprint density at radius 1 is 1.31 bits per heavy atom. The van der Waals surface area contributed by atoms with E-state index in [1.807, 2.05) is 0 Å². The molecule has 1 fully saturated rings. The van der Waals surface area contributed by atoms with E-state index in [9.17, 15) is 27.6 Å². The number of para-hydroxylation sites is 2. The Morgan fingerprint density at radius 2 is 2.04 bits per heavy atom. The monoisotopic (exact) mass is 371 g/mol. The summed E-state index contributed by atoms with van der Waals surface area (Å²) in [5.41, 5.74) is 0.498. The minimum absolute atomic E-state index is 0.133. The molecule has 0 bridgehead atoms. The van der Waals surface area contributed by atoms with Gasteiger partial charge >= 0.3 is 12.1 Å². The van der Waals surface area contributed by atoms with Crippen LogP contribution in [0.2, 0.25) is 0 Å². The molecule has 0 spiro atoms. The van der Waals surface area contributed by atoms with E-state index in [1.54, 1.807) is 24.3 Å². The first-order valence-corrected chi connectivity index (χ1v) is 7.99. The predicted octanol–water partition coefficient (Wildman–Crippen LogP) is 1.06. The fraction of sp³-hybridized carbons (Fsp3) is 0.438. The summed E-state index contributed by atoms with van der Waals surface area (Å²) in [5.74, 6) is -2.81. The number of ether oxygens (including phenoxy) is 1. The summed E-state index contributed by atoms with van der Waals surface area (Å²) < 4.78 is 43.3. The molecule has 2 aliphatic heterocycles. The fourth-order valence-electron chi connectivity index (χ4n) is 2.98. The Morgan fingerprint density at radius 3 is 2.77 bits per heavy atom. The highest BCUT2D eigenvalue weighted by molar-refractivity contribution is 5.98. The number of amides is 3. The fourth-order valence-corrected chi connectivity index (χ4v) is 2.98. The molecular weight excluding hydrogens is 355 g/mol. The van der Waals surface area contributed by atoms with Gasteiger partial charge in [0.25, 0.3) is 5.91 Å². The number of nitrogens with zero attached hydrogens (tertiary/aromatic N) is 1. The van der Waals surface area contributed by atoms with Gasteiger partial charge in [0, 0.05) is 6.54 Å². The largest absolute Gasteiger partial charge is 0.477 e. The van der Waals surface area contributed by atoms with Gasteiger partial charge in [0.2, 0.25) is 5.91 Å². The van der Waals surface area contributed by atoms with Gasteiger partial charge < -0.3 is 20.3 Å². The molecule has 3 rings (SSSR count). The second-order valence-corrected chi connectivity index (χ2v) is 5.99. The summed E-state index contributed by atoms with van der Waals surface area (Å²) in [6.07, 6.45) is -5.61. The molecule has 0 saturated carbocycles. The smallest absolute Gasteiger partial charge is 0.471 e. The van der Waals surface area contributed by atoms with Crippen LogP contribution in [0.1, 0.15) is 12.8 Å². The third-order valence-electron chi connectivity index (χ3n) is 4.23. The number of alkyl halides is 3. The van der Waals surface area contributed by atoms with Gasteiger partial charge in [0.1, 0.15) is 11.8 Å². The average Bonchev–Trinajstić information content (AvgIpc) is 3.07. The zero-order valence-electron chi connectivity index (χ0n) is 13.5. The Balaban J connectivity index is 1.60. The van der Waals surface area contributed by atoms with Crippen molar-refractivity contribution in [1.82, 2.24) is 10.2 Å². The van der Waals surface area contributed by atoms with Crippen molar-refractivity contribution in [3.05, 3.63) is 24.3 Å². The number of carbonyl (C=O) groups excluding carboxylic acids is 3. The summed E-state index contributed by atoms with van der Waals surface area (Å²) in [7, 11) is 0. The van der Waals surface area contributed by atoms with Crippen molar-refractivity contribution in [2.45, 2.75) is 31.2 Å². The lowest BCUT2D eigenvalue weighted by atomic mass is 10.2. The van der Waals surface area contributed by atoms with E-state index in [4.69, 9.17) is 4.74 Å². The van der Waals surface area contributed by atoms with Crippen molar-refractivity contribution < 1.29 is 32.3 Å². The summed E-state index contributed by atoms with van der Waals surface area (Å²) in [5, 5.41) is 5.03. The van der Waals surface area contributed by atoms with Crippen LogP contribution in [0.25, 0.3) is 0 Å². The molecule has 26 heavy (non-hydrogen) atoms. The number of carbonyl (C=O) groups is 3. The molecule has 1 aromatic carbocycles. The van der Waals surface area contributed by atoms with Crippen LogP contribution in [0, 0.1) is 0 Å². The van der Waals surface area contributed by atoms with E-state index in [0.29, 0.717) is 22.8 Å². The molecule has 1 aromatic rings. The zero-order chi connectivity index (χ0) is 18.9. The van der Waals surface area contributed by atoms with Crippen molar-refractivity contribution >= 4 is 23.4 Å². The first-order valence-electron chi connectivity index (χ1n) is 7.99. The highest BCUT2D eigenvalue weighted by Gasteiger charge is 2.47. The Bertz CT molecular complexity index is 738. The van der Waals surface area contributed by atoms with Crippen molar-refractivity contribution in [3.63, 3.8) is 0 Å². The summed E-state index contributed by atoms with van der Waals surface area (Å²) in [6.45, 7) is -0.353. The van der Waals surface area contributed by atoms with E-state index in [-0.39, 0.29) is 19.5 Å². The van der Waals surface area contributed by atoms with Crippen LogP contribution in [0.5, 0.6) is 5.75 Å². The van der Waals surface area contributed by atoms with E-state index < -0.39 is 36.0 Å². The molecule has 0 aliphatic carbocycles. The molecule has 1 saturated heterocycles. The lowest BCUT2D eigenvalue weighted by Crippen LogP contribution is -2.52. The standard InChI is InChI=1S/C16H16F3N3O4/c17-16(18,19)15(25)22-7-3-5-10(22)13(23)20-8-12-14(24)21-9-4-1-2-6-11(9)26-12/h1-2,4,6,10,12H,3,5,7-8H2,(H,20,23)(H,21,24). The molecule has 2 aliphatic rings. The first-order chi connectivity index (χ1) is 12.3. The molecule has 10 heteroatoms. The van der Waals surface area contributed by atoms with Crippen LogP contribution >= 0.6 is 0 Å². The third kappa shape index (κ3) is 3.58. The molecule has 140 valence electrons. The Kier molecular flexibility index (Phi) is 4.75. The summed E-state index contributed by atoms with van der Waals surface area (Å²) in [4.78, 5) is 36.1. The number of hydrogen-bond donors (Lipinski definition) is 2. The first kappa shape index (κ1) is 18.0. The van der Waals surface area contributed by atoms with Gasteiger partial charge in [-0.25, -0.2) is 0 Å². The van der Waals surface area contributed by atoms with Gasteiger partial charge in [0.15, 0.2) is 6.10 Å². The number of likely N-dealkylation sites (tertiary alicyclic amines) is 1. The molecule has 0 aromatic heterocycles. The van der Waals surface area contributed by atoms with Crippen LogP contribution in [-0.4, -0.2) is 54.0 Å². The van der Waals surface area contributed by atoms with Crippen LogP contribution < -0.4 is 15.4 Å². The van der Waals surface area contributed by atoms with Gasteiger partial charge in [-0.05, 0) is 25.0 Å². The van der Waals surface area contributed by atoms with E-state index in [1.165, 1.54) is 0 Å². The number of hydrogen-bond acceptors (Lipinski definition) is 4. The van der Waals surface area contributed by atoms with Crippen LogP contribution in [0.15, 0.2) is 24.3 Å². The van der Waals surface area contributed by atoms with E-state index in [2.05, 4.69) is 10.6 Å². The van der Waals surface area contributed by atoms with Crippen molar-refractivity contribution in [3.8, 4) is 5.75 Å². The summed E-state index contributed by atoms with van der Waals surface area (Å²) in [6, 6.07) is 5.52. The number of halogens is 3. The number of nitrogens with one attached hydrogen (secondary N) is 2. The average molecular weight is 371 g/mol. The predicted molar refractivity (Wildman–Crippen MR) is 83.3 cm³/mol. The van der Waals surface area contributed by atoms with Gasteiger partial charge in [-0.15, -0.1) is 0 Å². The third-order valence-corrected chi connectivity index (χ3v) is 4.23. The van der Waals surface area contributed by atoms with Crippen LogP contribution in [0.3, 0.4) is 0 Å². The lowest BCUT2D eigenvalue weighted by Gasteiger charge is -2.28. The highest BCUT2D eigenvalue weighted by atomic mass is 19.4. The van der Waals surface area contributed by atoms with Crippen molar-refractivity contribution in [1.29, 1.82) is 0 Å². The molecule has 7 nitrogen and oxygen atoms in total.